The van der Waals surface area contributed by atoms with E-state index in [0.29, 0.717) is 11.3 Å². The van der Waals surface area contributed by atoms with Gasteiger partial charge in [0, 0.05) is 11.7 Å². The normalized spacial score (nSPS) is 12.4. The summed E-state index contributed by atoms with van der Waals surface area (Å²) in [5, 5.41) is 2.60. The van der Waals surface area contributed by atoms with Crippen LogP contribution in [0.2, 0.25) is 0 Å². The number of rotatable bonds is 8. The summed E-state index contributed by atoms with van der Waals surface area (Å²) in [6, 6.07) is 12.5. The zero-order chi connectivity index (χ0) is 21.6. The first-order valence-electron chi connectivity index (χ1n) is 9.35. The maximum Gasteiger partial charge on any atom is 0.338 e. The lowest BCUT2D eigenvalue weighted by molar-refractivity contribution is -0.123. The number of sulfonamides is 1. The number of esters is 1. The van der Waals surface area contributed by atoms with Crippen molar-refractivity contribution >= 4 is 27.6 Å². The van der Waals surface area contributed by atoms with Crippen LogP contribution in [-0.4, -0.2) is 32.4 Å². The predicted octanol–water partition coefficient (Wildman–Crippen LogP) is 3.12. The molecule has 0 bridgehead atoms. The van der Waals surface area contributed by atoms with Gasteiger partial charge in [-0.25, -0.2) is 17.9 Å². The van der Waals surface area contributed by atoms with E-state index in [-0.39, 0.29) is 10.9 Å². The second-order valence-electron chi connectivity index (χ2n) is 6.89. The zero-order valence-corrected chi connectivity index (χ0v) is 17.7. The Labute approximate surface area is 171 Å². The molecular formula is C21H26N2O5S. The van der Waals surface area contributed by atoms with Gasteiger partial charge >= 0.3 is 5.97 Å². The van der Waals surface area contributed by atoms with E-state index in [1.54, 1.807) is 26.0 Å². The molecular weight excluding hydrogens is 392 g/mol. The molecule has 7 nitrogen and oxygen atoms in total. The maximum absolute atomic E-state index is 12.3. The van der Waals surface area contributed by atoms with Crippen LogP contribution in [0.1, 0.15) is 43.6 Å². The van der Waals surface area contributed by atoms with Gasteiger partial charge in [0.1, 0.15) is 0 Å². The molecule has 0 radical (unpaired) electrons. The molecule has 0 spiro atoms. The molecule has 0 aliphatic rings. The van der Waals surface area contributed by atoms with Gasteiger partial charge < -0.3 is 10.1 Å². The fourth-order valence-corrected chi connectivity index (χ4v) is 3.75. The van der Waals surface area contributed by atoms with Gasteiger partial charge in [-0.1, -0.05) is 19.1 Å². The Bertz CT molecular complexity index is 952. The van der Waals surface area contributed by atoms with Gasteiger partial charge in [0.2, 0.25) is 10.0 Å². The van der Waals surface area contributed by atoms with Crippen LogP contribution in [0.3, 0.4) is 0 Å². The van der Waals surface area contributed by atoms with Crippen LogP contribution in [0.4, 0.5) is 5.69 Å². The topological polar surface area (TPSA) is 102 Å². The summed E-state index contributed by atoms with van der Waals surface area (Å²) in [6.07, 6.45) is -0.152. The van der Waals surface area contributed by atoms with Crippen LogP contribution in [0.25, 0.3) is 0 Å². The van der Waals surface area contributed by atoms with Gasteiger partial charge in [-0.2, -0.15) is 0 Å². The first kappa shape index (κ1) is 22.6. The van der Waals surface area contributed by atoms with Crippen molar-refractivity contribution in [3.63, 3.8) is 0 Å². The molecule has 2 aromatic rings. The highest BCUT2D eigenvalue weighted by atomic mass is 32.2. The number of hydrogen-bond donors (Lipinski definition) is 2. The van der Waals surface area contributed by atoms with Crippen molar-refractivity contribution in [1.82, 2.24) is 4.72 Å². The summed E-state index contributed by atoms with van der Waals surface area (Å²) >= 11 is 0. The van der Waals surface area contributed by atoms with Crippen LogP contribution in [-0.2, 0) is 26.0 Å². The number of carbonyl (C=O) groups excluding carboxylic acids is 2. The van der Waals surface area contributed by atoms with Crippen molar-refractivity contribution in [2.24, 2.45) is 0 Å². The Morgan fingerprint density at radius 1 is 0.966 bits per heavy atom. The molecule has 0 aromatic heterocycles. The fraction of sp³-hybridized carbons (Fsp3) is 0.333. The van der Waals surface area contributed by atoms with Gasteiger partial charge in [-0.15, -0.1) is 0 Å². The number of aryl methyl sites for hydroxylation is 1. The van der Waals surface area contributed by atoms with Gasteiger partial charge in [-0.05, 0) is 69.2 Å². The minimum atomic E-state index is -3.60. The number of amides is 1. The van der Waals surface area contributed by atoms with E-state index < -0.39 is 28.0 Å². The molecule has 1 amide bonds. The summed E-state index contributed by atoms with van der Waals surface area (Å²) in [7, 11) is -3.60. The monoisotopic (exact) mass is 418 g/mol. The molecule has 0 heterocycles. The van der Waals surface area contributed by atoms with Crippen molar-refractivity contribution in [1.29, 1.82) is 0 Å². The number of anilines is 1. The van der Waals surface area contributed by atoms with Gasteiger partial charge in [0.25, 0.3) is 5.91 Å². The van der Waals surface area contributed by atoms with Crippen molar-refractivity contribution in [2.45, 2.75) is 51.2 Å². The second-order valence-corrected chi connectivity index (χ2v) is 8.60. The lowest BCUT2D eigenvalue weighted by Gasteiger charge is -2.14. The molecule has 29 heavy (non-hydrogen) atoms. The summed E-state index contributed by atoms with van der Waals surface area (Å²) in [5.41, 5.74) is 1.86. The van der Waals surface area contributed by atoms with Crippen LogP contribution in [0.15, 0.2) is 53.4 Å². The molecule has 156 valence electrons. The van der Waals surface area contributed by atoms with E-state index in [2.05, 4.69) is 10.0 Å². The quantitative estimate of drug-likeness (QED) is 0.642. The van der Waals surface area contributed by atoms with Crippen LogP contribution < -0.4 is 10.0 Å². The molecule has 0 aliphatic heterocycles. The minimum Gasteiger partial charge on any atom is -0.449 e. The van der Waals surface area contributed by atoms with E-state index in [1.165, 1.54) is 31.2 Å². The lowest BCUT2D eigenvalue weighted by atomic mass is 10.1. The fourth-order valence-electron chi connectivity index (χ4n) is 2.50. The van der Waals surface area contributed by atoms with Crippen molar-refractivity contribution in [3.8, 4) is 0 Å². The van der Waals surface area contributed by atoms with Crippen LogP contribution in [0.5, 0.6) is 0 Å². The summed E-state index contributed by atoms with van der Waals surface area (Å²) in [5.74, 6) is -1.10. The number of carbonyl (C=O) groups is 2. The smallest absolute Gasteiger partial charge is 0.338 e. The molecule has 0 unspecified atom stereocenters. The van der Waals surface area contributed by atoms with Gasteiger partial charge in [0.05, 0.1) is 10.5 Å². The number of nitrogens with one attached hydrogen (secondary N) is 2. The molecule has 2 aromatic carbocycles. The molecule has 1 atom stereocenters. The van der Waals surface area contributed by atoms with Crippen LogP contribution >= 0.6 is 0 Å². The predicted molar refractivity (Wildman–Crippen MR) is 111 cm³/mol. The number of benzene rings is 2. The zero-order valence-electron chi connectivity index (χ0n) is 16.9. The maximum atomic E-state index is 12.3. The third-order valence-electron chi connectivity index (χ3n) is 4.07. The molecule has 0 fully saturated rings. The average molecular weight is 419 g/mol. The molecule has 0 saturated heterocycles. The third kappa shape index (κ3) is 6.40. The molecule has 0 saturated carbocycles. The Balaban J connectivity index is 1.97. The first-order chi connectivity index (χ1) is 13.6. The van der Waals surface area contributed by atoms with E-state index in [9.17, 15) is 18.0 Å². The summed E-state index contributed by atoms with van der Waals surface area (Å²) in [6.45, 7) is 6.95. The summed E-state index contributed by atoms with van der Waals surface area (Å²) < 4.78 is 31.9. The average Bonchev–Trinajstić information content (AvgIpc) is 2.67. The Morgan fingerprint density at radius 2 is 1.55 bits per heavy atom. The van der Waals surface area contributed by atoms with E-state index >= 15 is 0 Å². The minimum absolute atomic E-state index is 0.0965. The largest absolute Gasteiger partial charge is 0.449 e. The second kappa shape index (κ2) is 9.67. The van der Waals surface area contributed by atoms with E-state index in [1.807, 2.05) is 19.1 Å². The van der Waals surface area contributed by atoms with Crippen molar-refractivity contribution < 1.29 is 22.7 Å². The first-order valence-corrected chi connectivity index (χ1v) is 10.8. The van der Waals surface area contributed by atoms with Crippen LogP contribution in [0, 0.1) is 0 Å². The SMILES string of the molecule is CCc1ccc(C(=O)O[C@H](C)C(=O)Nc2ccc(S(=O)(=O)NC(C)C)cc2)cc1. The summed E-state index contributed by atoms with van der Waals surface area (Å²) in [4.78, 5) is 24.6. The molecule has 2 rings (SSSR count). The van der Waals surface area contributed by atoms with Gasteiger partial charge in [-0.3, -0.25) is 4.79 Å². The van der Waals surface area contributed by atoms with Crippen molar-refractivity contribution in [3.05, 3.63) is 59.7 Å². The standard InChI is InChI=1S/C21H26N2O5S/c1-5-16-6-8-17(9-7-16)21(25)28-15(4)20(24)22-18-10-12-19(13-11-18)29(26,27)23-14(2)3/h6-15,23H,5H2,1-4H3,(H,22,24)/t15-/m1/s1. The number of hydrogen-bond acceptors (Lipinski definition) is 5. The molecule has 0 aliphatic carbocycles. The molecule has 2 N–H and O–H groups in total. The third-order valence-corrected chi connectivity index (χ3v) is 5.75. The lowest BCUT2D eigenvalue weighted by Crippen LogP contribution is -2.30. The number of ether oxygens (including phenoxy) is 1. The van der Waals surface area contributed by atoms with Gasteiger partial charge in [0.15, 0.2) is 6.10 Å². The highest BCUT2D eigenvalue weighted by Crippen LogP contribution is 2.15. The van der Waals surface area contributed by atoms with E-state index in [4.69, 9.17) is 4.74 Å². The Morgan fingerprint density at radius 3 is 2.07 bits per heavy atom. The Hall–Kier alpha value is -2.71. The van der Waals surface area contributed by atoms with E-state index in [0.717, 1.165) is 12.0 Å². The highest BCUT2D eigenvalue weighted by Gasteiger charge is 2.20. The molecule has 8 heteroatoms. The Kier molecular flexibility index (Phi) is 7.53. The van der Waals surface area contributed by atoms with Crippen molar-refractivity contribution in [2.75, 3.05) is 5.32 Å². The highest BCUT2D eigenvalue weighted by molar-refractivity contribution is 7.89.